The first-order chi connectivity index (χ1) is 18.8. The summed E-state index contributed by atoms with van der Waals surface area (Å²) < 4.78 is 64.9. The number of rotatable bonds is 8. The summed E-state index contributed by atoms with van der Waals surface area (Å²) in [6, 6.07) is 12.7. The van der Waals surface area contributed by atoms with Gasteiger partial charge in [0.25, 0.3) is 0 Å². The Morgan fingerprint density at radius 1 is 0.821 bits per heavy atom. The highest BCUT2D eigenvalue weighted by molar-refractivity contribution is 5.74. The Hall–Kier alpha value is -2.92. The van der Waals surface area contributed by atoms with E-state index in [1.54, 1.807) is 36.4 Å². The number of epoxide rings is 1. The van der Waals surface area contributed by atoms with Crippen LogP contribution >= 0.6 is 0 Å². The Bertz CT molecular complexity index is 1350. The van der Waals surface area contributed by atoms with Crippen molar-refractivity contribution in [3.8, 4) is 22.3 Å². The first kappa shape index (κ1) is 27.6. The molecule has 1 aliphatic heterocycles. The van der Waals surface area contributed by atoms with Crippen molar-refractivity contribution < 1.29 is 22.3 Å². The third-order valence-corrected chi connectivity index (χ3v) is 8.81. The minimum atomic E-state index is -0.941. The summed E-state index contributed by atoms with van der Waals surface area (Å²) >= 11 is 0. The molecular formula is C34H36F4O. The summed E-state index contributed by atoms with van der Waals surface area (Å²) in [7, 11) is 0. The van der Waals surface area contributed by atoms with Crippen molar-refractivity contribution in [1.82, 2.24) is 0 Å². The summed E-state index contributed by atoms with van der Waals surface area (Å²) in [5, 5.41) is 0. The third kappa shape index (κ3) is 5.84. The molecule has 39 heavy (non-hydrogen) atoms. The van der Waals surface area contributed by atoms with Gasteiger partial charge in [-0.15, -0.1) is 0 Å². The second-order valence-electron chi connectivity index (χ2n) is 11.4. The van der Waals surface area contributed by atoms with Gasteiger partial charge < -0.3 is 4.74 Å². The van der Waals surface area contributed by atoms with Gasteiger partial charge in [-0.2, -0.15) is 0 Å². The molecule has 0 spiro atoms. The number of allylic oxidation sites excluding steroid dienone is 2. The predicted molar refractivity (Wildman–Crippen MR) is 149 cm³/mol. The highest BCUT2D eigenvalue weighted by Gasteiger charge is 2.30. The van der Waals surface area contributed by atoms with E-state index < -0.39 is 23.3 Å². The van der Waals surface area contributed by atoms with Gasteiger partial charge in [0, 0.05) is 22.3 Å². The van der Waals surface area contributed by atoms with Crippen molar-refractivity contribution in [2.24, 2.45) is 17.8 Å². The van der Waals surface area contributed by atoms with Gasteiger partial charge in [0.15, 0.2) is 23.3 Å². The Morgan fingerprint density at radius 3 is 1.95 bits per heavy atom. The summed E-state index contributed by atoms with van der Waals surface area (Å²) in [6.07, 6.45) is 8.23. The minimum absolute atomic E-state index is 0.111. The van der Waals surface area contributed by atoms with E-state index in [2.05, 4.69) is 13.8 Å². The van der Waals surface area contributed by atoms with E-state index in [-0.39, 0.29) is 22.8 Å². The Morgan fingerprint density at radius 2 is 1.38 bits per heavy atom. The van der Waals surface area contributed by atoms with Gasteiger partial charge in [0.05, 0.1) is 6.61 Å². The number of hydrogen-bond donors (Lipinski definition) is 0. The SMILES string of the molecule is C/C=C(\CCC(C)C1CCC(C)CC1)c1ccc(-c2ccc(-c3ccc(C4CO4)c(F)c3F)cc2)c(F)c1F. The molecule has 2 unspecified atom stereocenters. The molecule has 5 rings (SSSR count). The summed E-state index contributed by atoms with van der Waals surface area (Å²) in [5.41, 5.74) is 2.50. The molecule has 2 fully saturated rings. The van der Waals surface area contributed by atoms with E-state index in [0.717, 1.165) is 17.9 Å². The van der Waals surface area contributed by atoms with Gasteiger partial charge in [0.2, 0.25) is 0 Å². The fourth-order valence-electron chi connectivity index (χ4n) is 6.02. The van der Waals surface area contributed by atoms with Crippen molar-refractivity contribution in [3.05, 3.63) is 89.0 Å². The number of hydrogen-bond acceptors (Lipinski definition) is 1. The van der Waals surface area contributed by atoms with Crippen LogP contribution in [0.5, 0.6) is 0 Å². The zero-order chi connectivity index (χ0) is 27.7. The topological polar surface area (TPSA) is 12.5 Å². The van der Waals surface area contributed by atoms with Crippen LogP contribution in [0.4, 0.5) is 17.6 Å². The van der Waals surface area contributed by atoms with Crippen molar-refractivity contribution in [2.75, 3.05) is 6.61 Å². The Labute approximate surface area is 228 Å². The molecule has 0 bridgehead atoms. The molecule has 0 amide bonds. The van der Waals surface area contributed by atoms with E-state index in [0.29, 0.717) is 41.6 Å². The van der Waals surface area contributed by atoms with Crippen LogP contribution in [0.2, 0.25) is 0 Å². The highest BCUT2D eigenvalue weighted by atomic mass is 19.2. The second kappa shape index (κ2) is 11.7. The Kier molecular flexibility index (Phi) is 8.27. The molecule has 3 aromatic rings. The lowest BCUT2D eigenvalue weighted by atomic mass is 9.75. The summed E-state index contributed by atoms with van der Waals surface area (Å²) in [4.78, 5) is 0. The monoisotopic (exact) mass is 536 g/mol. The van der Waals surface area contributed by atoms with Crippen LogP contribution in [0.3, 0.4) is 0 Å². The second-order valence-corrected chi connectivity index (χ2v) is 11.4. The van der Waals surface area contributed by atoms with Crippen LogP contribution in [0.25, 0.3) is 27.8 Å². The Balaban J connectivity index is 1.31. The normalized spacial score (nSPS) is 22.1. The fourth-order valence-corrected chi connectivity index (χ4v) is 6.02. The minimum Gasteiger partial charge on any atom is -0.368 e. The van der Waals surface area contributed by atoms with Crippen LogP contribution in [-0.4, -0.2) is 6.61 Å². The van der Waals surface area contributed by atoms with Gasteiger partial charge in [-0.25, -0.2) is 17.6 Å². The van der Waals surface area contributed by atoms with E-state index >= 15 is 8.78 Å². The van der Waals surface area contributed by atoms with Crippen LogP contribution in [0.1, 0.15) is 76.5 Å². The molecule has 2 aliphatic rings. The standard InChI is InChI=1S/C34H36F4O/c1-4-22(10-7-21(3)23-8-5-20(2)6-9-23)26-15-16-27(32(36)31(26)35)24-11-13-25(14-12-24)28-17-18-29(30-19-39-30)34(38)33(28)37/h4,11-18,20-21,23,30H,5-10,19H2,1-3H3/b22-4+. The van der Waals surface area contributed by atoms with Gasteiger partial charge in [0.1, 0.15) is 6.10 Å². The zero-order valence-electron chi connectivity index (χ0n) is 22.9. The third-order valence-electron chi connectivity index (χ3n) is 8.81. The molecule has 2 atom stereocenters. The van der Waals surface area contributed by atoms with E-state index in [4.69, 9.17) is 4.74 Å². The van der Waals surface area contributed by atoms with Gasteiger partial charge in [-0.05, 0) is 67.1 Å². The largest absolute Gasteiger partial charge is 0.368 e. The van der Waals surface area contributed by atoms with Crippen molar-refractivity contribution in [1.29, 1.82) is 0 Å². The number of ether oxygens (including phenoxy) is 1. The summed E-state index contributed by atoms with van der Waals surface area (Å²) in [5.74, 6) is -1.54. The molecule has 206 valence electrons. The first-order valence-corrected chi connectivity index (χ1v) is 14.1. The number of halogens is 4. The maximum atomic E-state index is 15.3. The smallest absolute Gasteiger partial charge is 0.167 e. The van der Waals surface area contributed by atoms with Gasteiger partial charge in [-0.1, -0.05) is 81.3 Å². The number of benzene rings is 3. The lowest BCUT2D eigenvalue weighted by Crippen LogP contribution is -2.19. The lowest BCUT2D eigenvalue weighted by molar-refractivity contribution is 0.216. The predicted octanol–water partition coefficient (Wildman–Crippen LogP) is 10.3. The first-order valence-electron chi connectivity index (χ1n) is 14.1. The van der Waals surface area contributed by atoms with Gasteiger partial charge in [-0.3, -0.25) is 0 Å². The quantitative estimate of drug-likeness (QED) is 0.206. The maximum Gasteiger partial charge on any atom is 0.167 e. The van der Waals surface area contributed by atoms with Crippen LogP contribution in [0.15, 0.2) is 54.6 Å². The molecule has 1 aliphatic carbocycles. The summed E-state index contributed by atoms with van der Waals surface area (Å²) in [6.45, 7) is 6.87. The molecular weight excluding hydrogens is 500 g/mol. The molecule has 0 aromatic heterocycles. The molecule has 1 saturated heterocycles. The molecule has 1 heterocycles. The molecule has 0 radical (unpaired) electrons. The van der Waals surface area contributed by atoms with E-state index in [1.165, 1.54) is 37.8 Å². The van der Waals surface area contributed by atoms with Crippen molar-refractivity contribution >= 4 is 5.57 Å². The fraction of sp³-hybridized carbons (Fsp3) is 0.412. The van der Waals surface area contributed by atoms with Crippen LogP contribution in [-0.2, 0) is 4.74 Å². The molecule has 1 nitrogen and oxygen atoms in total. The molecule has 5 heteroatoms. The molecule has 0 N–H and O–H groups in total. The lowest BCUT2D eigenvalue weighted by Gasteiger charge is -2.31. The maximum absolute atomic E-state index is 15.3. The van der Waals surface area contributed by atoms with E-state index in [9.17, 15) is 8.78 Å². The van der Waals surface area contributed by atoms with Crippen molar-refractivity contribution in [2.45, 2.75) is 65.4 Å². The van der Waals surface area contributed by atoms with Crippen LogP contribution in [0, 0.1) is 41.0 Å². The molecule has 1 saturated carbocycles. The van der Waals surface area contributed by atoms with Gasteiger partial charge >= 0.3 is 0 Å². The highest BCUT2D eigenvalue weighted by Crippen LogP contribution is 2.39. The van der Waals surface area contributed by atoms with Crippen LogP contribution < -0.4 is 0 Å². The molecule has 3 aromatic carbocycles. The average Bonchev–Trinajstić information content (AvgIpc) is 3.79. The average molecular weight is 537 g/mol. The van der Waals surface area contributed by atoms with E-state index in [1.807, 2.05) is 13.0 Å². The zero-order valence-corrected chi connectivity index (χ0v) is 22.9. The van der Waals surface area contributed by atoms with Crippen molar-refractivity contribution in [3.63, 3.8) is 0 Å².